The number of sulfonamides is 1. The van der Waals surface area contributed by atoms with Gasteiger partial charge in [0.05, 0.1) is 0 Å². The summed E-state index contributed by atoms with van der Waals surface area (Å²) in [5.41, 5.74) is 0. The number of allylic oxidation sites excluding steroid dienone is 2. The maximum Gasteiger partial charge on any atom is 0.303 e. The Kier molecular flexibility index (Phi) is 8.44. The zero-order valence-corrected chi connectivity index (χ0v) is 17.4. The molecule has 2 rings (SSSR count). The van der Waals surface area contributed by atoms with Crippen LogP contribution in [0.3, 0.4) is 0 Å². The first-order chi connectivity index (χ1) is 12.8. The number of carboxylic acids is 1. The standard InChI is InChI=1S/C19H25BrFNO4S/c20-16-10-11-18(17(21)12-16)27(25,26)22-13-15-8-5-4-7-14(15)6-2-1-3-9-19(23)24/h2,6,10-12,14-15,22H,1,3-5,7-9,13H2,(H,23,24)/b6-2-. The van der Waals surface area contributed by atoms with Gasteiger partial charge in [-0.05, 0) is 55.7 Å². The van der Waals surface area contributed by atoms with Crippen LogP contribution in [0.5, 0.6) is 0 Å². The summed E-state index contributed by atoms with van der Waals surface area (Å²) in [4.78, 5) is 10.2. The summed E-state index contributed by atoms with van der Waals surface area (Å²) < 4.78 is 41.9. The Morgan fingerprint density at radius 2 is 2.07 bits per heavy atom. The van der Waals surface area contributed by atoms with Crippen molar-refractivity contribution < 1.29 is 22.7 Å². The van der Waals surface area contributed by atoms with Gasteiger partial charge in [-0.25, -0.2) is 17.5 Å². The number of carbonyl (C=O) groups is 1. The second kappa shape index (κ2) is 10.3. The van der Waals surface area contributed by atoms with Gasteiger partial charge in [0.2, 0.25) is 10.0 Å². The third-order valence-corrected chi connectivity index (χ3v) is 6.78. The molecule has 1 aromatic carbocycles. The van der Waals surface area contributed by atoms with E-state index in [2.05, 4.69) is 26.7 Å². The van der Waals surface area contributed by atoms with Crippen molar-refractivity contribution in [3.8, 4) is 0 Å². The topological polar surface area (TPSA) is 83.5 Å². The molecule has 0 radical (unpaired) electrons. The first kappa shape index (κ1) is 22.0. The Hall–Kier alpha value is -1.25. The van der Waals surface area contributed by atoms with Crippen LogP contribution in [0.15, 0.2) is 39.7 Å². The molecule has 150 valence electrons. The van der Waals surface area contributed by atoms with Crippen molar-refractivity contribution in [3.05, 3.63) is 40.6 Å². The molecule has 0 amide bonds. The second-order valence-corrected chi connectivity index (χ2v) is 9.50. The summed E-state index contributed by atoms with van der Waals surface area (Å²) in [5.74, 6) is -1.17. The summed E-state index contributed by atoms with van der Waals surface area (Å²) in [5, 5.41) is 8.66. The number of benzene rings is 1. The highest BCUT2D eigenvalue weighted by Crippen LogP contribution is 2.31. The zero-order valence-electron chi connectivity index (χ0n) is 15.0. The predicted molar refractivity (Wildman–Crippen MR) is 105 cm³/mol. The molecule has 0 aromatic heterocycles. The van der Waals surface area contributed by atoms with Crippen molar-refractivity contribution in [1.82, 2.24) is 4.72 Å². The minimum atomic E-state index is -3.90. The minimum Gasteiger partial charge on any atom is -0.481 e. The van der Waals surface area contributed by atoms with Crippen LogP contribution in [0.25, 0.3) is 0 Å². The highest BCUT2D eigenvalue weighted by Gasteiger charge is 2.26. The van der Waals surface area contributed by atoms with Crippen LogP contribution in [0, 0.1) is 17.7 Å². The number of hydrogen-bond acceptors (Lipinski definition) is 3. The first-order valence-electron chi connectivity index (χ1n) is 9.13. The summed E-state index contributed by atoms with van der Waals surface area (Å²) in [7, 11) is -3.90. The fraction of sp³-hybridized carbons (Fsp3) is 0.526. The summed E-state index contributed by atoms with van der Waals surface area (Å²) in [6.07, 6.45) is 9.55. The lowest BCUT2D eigenvalue weighted by atomic mass is 9.79. The lowest BCUT2D eigenvalue weighted by Crippen LogP contribution is -2.34. The third-order valence-electron chi connectivity index (χ3n) is 4.83. The molecule has 2 atom stereocenters. The maximum absolute atomic E-state index is 14.0. The van der Waals surface area contributed by atoms with Gasteiger partial charge in [0.15, 0.2) is 0 Å². The van der Waals surface area contributed by atoms with Crippen molar-refractivity contribution in [2.24, 2.45) is 11.8 Å². The van der Waals surface area contributed by atoms with Crippen molar-refractivity contribution in [3.63, 3.8) is 0 Å². The molecular formula is C19H25BrFNO4S. The maximum atomic E-state index is 14.0. The number of unbranched alkanes of at least 4 members (excludes halogenated alkanes) is 1. The fourth-order valence-corrected chi connectivity index (χ4v) is 4.86. The minimum absolute atomic E-state index is 0.150. The normalized spacial score (nSPS) is 20.8. The van der Waals surface area contributed by atoms with Gasteiger partial charge in [-0.1, -0.05) is 40.9 Å². The molecule has 0 spiro atoms. The molecule has 0 bridgehead atoms. The van der Waals surface area contributed by atoms with Crippen molar-refractivity contribution >= 4 is 31.9 Å². The quantitative estimate of drug-likeness (QED) is 0.419. The Labute approximate surface area is 168 Å². The molecule has 1 aliphatic rings. The van der Waals surface area contributed by atoms with Gasteiger partial charge in [0, 0.05) is 17.4 Å². The van der Waals surface area contributed by atoms with E-state index in [1.807, 2.05) is 6.08 Å². The smallest absolute Gasteiger partial charge is 0.303 e. The van der Waals surface area contributed by atoms with Gasteiger partial charge in [0.1, 0.15) is 10.7 Å². The molecule has 5 nitrogen and oxygen atoms in total. The van der Waals surface area contributed by atoms with Gasteiger partial charge in [-0.15, -0.1) is 0 Å². The molecule has 0 saturated heterocycles. The van der Waals surface area contributed by atoms with E-state index in [-0.39, 0.29) is 29.7 Å². The number of carboxylic acid groups (broad SMARTS) is 1. The van der Waals surface area contributed by atoms with Crippen LogP contribution in [0.2, 0.25) is 0 Å². The van der Waals surface area contributed by atoms with Gasteiger partial charge < -0.3 is 5.11 Å². The molecule has 1 saturated carbocycles. The van der Waals surface area contributed by atoms with Gasteiger partial charge in [0.25, 0.3) is 0 Å². The molecule has 0 aliphatic heterocycles. The summed E-state index contributed by atoms with van der Waals surface area (Å²) in [6, 6.07) is 3.89. The number of nitrogens with one attached hydrogen (secondary N) is 1. The number of halogens is 2. The number of hydrogen-bond donors (Lipinski definition) is 2. The fourth-order valence-electron chi connectivity index (χ4n) is 3.37. The molecule has 8 heteroatoms. The second-order valence-electron chi connectivity index (χ2n) is 6.85. The van der Waals surface area contributed by atoms with Crippen molar-refractivity contribution in [2.75, 3.05) is 6.54 Å². The van der Waals surface area contributed by atoms with Crippen molar-refractivity contribution in [1.29, 1.82) is 0 Å². The molecular weight excluding hydrogens is 437 g/mol. The highest BCUT2D eigenvalue weighted by atomic mass is 79.9. The average molecular weight is 462 g/mol. The van der Waals surface area contributed by atoms with Gasteiger partial charge >= 0.3 is 5.97 Å². The first-order valence-corrected chi connectivity index (χ1v) is 11.4. The average Bonchev–Trinajstić information content (AvgIpc) is 2.60. The van der Waals surface area contributed by atoms with Gasteiger partial charge in [-0.3, -0.25) is 4.79 Å². The van der Waals surface area contributed by atoms with E-state index in [9.17, 15) is 17.6 Å². The number of rotatable bonds is 9. The Morgan fingerprint density at radius 1 is 1.33 bits per heavy atom. The van der Waals surface area contributed by atoms with Crippen molar-refractivity contribution in [2.45, 2.75) is 49.8 Å². The molecule has 2 unspecified atom stereocenters. The Balaban J connectivity index is 1.95. The lowest BCUT2D eigenvalue weighted by Gasteiger charge is -2.29. The SMILES string of the molecule is O=C(O)CCC/C=C\C1CCCCC1CNS(=O)(=O)c1ccc(Br)cc1F. The van der Waals surface area contributed by atoms with Crippen LogP contribution >= 0.6 is 15.9 Å². The van der Waals surface area contributed by atoms with E-state index < -0.39 is 21.8 Å². The molecule has 0 heterocycles. The monoisotopic (exact) mass is 461 g/mol. The summed E-state index contributed by atoms with van der Waals surface area (Å²) in [6.45, 7) is 0.266. The predicted octanol–water partition coefficient (Wildman–Crippen LogP) is 4.48. The van der Waals surface area contributed by atoms with E-state index in [1.54, 1.807) is 0 Å². The van der Waals surface area contributed by atoms with E-state index in [1.165, 1.54) is 12.1 Å². The van der Waals surface area contributed by atoms with Gasteiger partial charge in [-0.2, -0.15) is 0 Å². The zero-order chi connectivity index (χ0) is 19.9. The van der Waals surface area contributed by atoms with Crippen LogP contribution in [-0.4, -0.2) is 26.0 Å². The molecule has 2 N–H and O–H groups in total. The van der Waals surface area contributed by atoms with E-state index in [0.717, 1.165) is 31.7 Å². The van der Waals surface area contributed by atoms with E-state index in [0.29, 0.717) is 17.3 Å². The third kappa shape index (κ3) is 7.01. The van der Waals surface area contributed by atoms with Crippen LogP contribution in [0.4, 0.5) is 4.39 Å². The van der Waals surface area contributed by atoms with Crippen LogP contribution in [-0.2, 0) is 14.8 Å². The van der Waals surface area contributed by atoms with Crippen LogP contribution < -0.4 is 4.72 Å². The Morgan fingerprint density at radius 3 is 2.78 bits per heavy atom. The molecule has 1 fully saturated rings. The van der Waals surface area contributed by atoms with Crippen LogP contribution in [0.1, 0.15) is 44.9 Å². The largest absolute Gasteiger partial charge is 0.481 e. The molecule has 27 heavy (non-hydrogen) atoms. The molecule has 1 aromatic rings. The van der Waals surface area contributed by atoms with E-state index >= 15 is 0 Å². The number of aliphatic carboxylic acids is 1. The summed E-state index contributed by atoms with van der Waals surface area (Å²) >= 11 is 3.12. The molecule has 1 aliphatic carbocycles. The lowest BCUT2D eigenvalue weighted by molar-refractivity contribution is -0.137. The Bertz CT molecular complexity index is 782. The van der Waals surface area contributed by atoms with E-state index in [4.69, 9.17) is 5.11 Å². The highest BCUT2D eigenvalue weighted by molar-refractivity contribution is 9.10.